The van der Waals surface area contributed by atoms with Crippen LogP contribution in [0.2, 0.25) is 0 Å². The Bertz CT molecular complexity index is 697. The maximum atomic E-state index is 13.0. The Morgan fingerprint density at radius 1 is 1.08 bits per heavy atom. The van der Waals surface area contributed by atoms with E-state index in [1.807, 2.05) is 54.6 Å². The first kappa shape index (κ1) is 18.9. The minimum atomic E-state index is -0.501. The molecule has 1 N–H and O–H groups in total. The van der Waals surface area contributed by atoms with Crippen LogP contribution in [0.15, 0.2) is 59.1 Å². The Morgan fingerprint density at radius 3 is 2.46 bits per heavy atom. The second-order valence-corrected chi connectivity index (χ2v) is 7.39. The minimum Gasteiger partial charge on any atom is -0.494 e. The average Bonchev–Trinajstić information content (AvgIpc) is 2.69. The van der Waals surface area contributed by atoms with Gasteiger partial charge in [-0.25, -0.2) is 0 Å². The van der Waals surface area contributed by atoms with E-state index in [2.05, 4.69) is 21.2 Å². The number of amides is 1. The van der Waals surface area contributed by atoms with Crippen molar-refractivity contribution in [2.45, 2.75) is 24.7 Å². The number of nitrogens with one attached hydrogen (secondary N) is 1. The summed E-state index contributed by atoms with van der Waals surface area (Å²) in [5.41, 5.74) is 0.557. The maximum absolute atomic E-state index is 13.0. The highest BCUT2D eigenvalue weighted by atomic mass is 79.9. The summed E-state index contributed by atoms with van der Waals surface area (Å²) in [6, 6.07) is 17.8. The summed E-state index contributed by atoms with van der Waals surface area (Å²) >= 11 is 3.46. The molecule has 2 aromatic carbocycles. The lowest BCUT2D eigenvalue weighted by Gasteiger charge is -2.36. The zero-order valence-corrected chi connectivity index (χ0v) is 16.3. The molecular formula is C21H24BrNO3. The van der Waals surface area contributed by atoms with Crippen molar-refractivity contribution in [1.29, 1.82) is 0 Å². The van der Waals surface area contributed by atoms with Gasteiger partial charge in [-0.3, -0.25) is 4.79 Å². The van der Waals surface area contributed by atoms with Crippen LogP contribution in [0.3, 0.4) is 0 Å². The van der Waals surface area contributed by atoms with Crippen molar-refractivity contribution >= 4 is 21.8 Å². The number of hydrogen-bond donors (Lipinski definition) is 1. The van der Waals surface area contributed by atoms with Crippen molar-refractivity contribution in [3.63, 3.8) is 0 Å². The highest BCUT2D eigenvalue weighted by Crippen LogP contribution is 2.35. The predicted molar refractivity (Wildman–Crippen MR) is 105 cm³/mol. The summed E-state index contributed by atoms with van der Waals surface area (Å²) in [6.07, 6.45) is 2.19. The fourth-order valence-corrected chi connectivity index (χ4v) is 3.55. The topological polar surface area (TPSA) is 47.6 Å². The monoisotopic (exact) mass is 417 g/mol. The lowest BCUT2D eigenvalue weighted by Crippen LogP contribution is -2.48. The summed E-state index contributed by atoms with van der Waals surface area (Å²) in [5, 5.41) is 3.11. The van der Waals surface area contributed by atoms with E-state index < -0.39 is 5.41 Å². The first-order valence-electron chi connectivity index (χ1n) is 9.01. The summed E-state index contributed by atoms with van der Waals surface area (Å²) in [6.45, 7) is 2.41. The quantitative estimate of drug-likeness (QED) is 0.690. The van der Waals surface area contributed by atoms with Crippen LogP contribution >= 0.6 is 15.9 Å². The Morgan fingerprint density at radius 2 is 1.77 bits per heavy atom. The van der Waals surface area contributed by atoms with Gasteiger partial charge in [0.1, 0.15) is 5.75 Å². The minimum absolute atomic E-state index is 0.0860. The van der Waals surface area contributed by atoms with Crippen LogP contribution in [0.25, 0.3) is 0 Å². The molecule has 26 heavy (non-hydrogen) atoms. The molecule has 0 aliphatic carbocycles. The second-order valence-electron chi connectivity index (χ2n) is 6.47. The molecule has 1 fully saturated rings. The van der Waals surface area contributed by atoms with Crippen LogP contribution in [-0.2, 0) is 14.9 Å². The molecule has 0 unspecified atom stereocenters. The van der Waals surface area contributed by atoms with Crippen molar-refractivity contribution in [3.8, 4) is 5.75 Å². The van der Waals surface area contributed by atoms with Gasteiger partial charge in [-0.15, -0.1) is 0 Å². The molecule has 138 valence electrons. The summed E-state index contributed by atoms with van der Waals surface area (Å²) in [4.78, 5) is 13.0. The van der Waals surface area contributed by atoms with Crippen LogP contribution in [0, 0.1) is 0 Å². The highest BCUT2D eigenvalue weighted by Gasteiger charge is 2.41. The third kappa shape index (κ3) is 4.65. The molecule has 0 bridgehead atoms. The molecule has 1 saturated heterocycles. The summed E-state index contributed by atoms with van der Waals surface area (Å²) in [7, 11) is 0. The zero-order valence-electron chi connectivity index (χ0n) is 14.7. The average molecular weight is 418 g/mol. The third-order valence-electron chi connectivity index (χ3n) is 4.80. The number of benzene rings is 2. The molecule has 4 nitrogen and oxygen atoms in total. The normalized spacial score (nSPS) is 16.0. The van der Waals surface area contributed by atoms with Gasteiger partial charge < -0.3 is 14.8 Å². The van der Waals surface area contributed by atoms with Crippen LogP contribution in [0.4, 0.5) is 0 Å². The molecule has 5 heteroatoms. The molecule has 0 atom stereocenters. The Balaban J connectivity index is 1.55. The molecule has 2 aromatic rings. The highest BCUT2D eigenvalue weighted by molar-refractivity contribution is 9.10. The molecule has 1 heterocycles. The molecule has 0 spiro atoms. The van der Waals surface area contributed by atoms with Crippen molar-refractivity contribution < 1.29 is 14.3 Å². The molecule has 0 radical (unpaired) electrons. The van der Waals surface area contributed by atoms with Crippen LogP contribution in [0.5, 0.6) is 5.75 Å². The zero-order chi connectivity index (χ0) is 18.2. The van der Waals surface area contributed by atoms with E-state index in [-0.39, 0.29) is 5.91 Å². The number of halogens is 1. The van der Waals surface area contributed by atoms with Crippen molar-refractivity contribution in [1.82, 2.24) is 5.32 Å². The van der Waals surface area contributed by atoms with Crippen molar-refractivity contribution in [2.75, 3.05) is 26.4 Å². The predicted octanol–water partition coefficient (Wildman–Crippen LogP) is 4.08. The van der Waals surface area contributed by atoms with Gasteiger partial charge in [0.25, 0.3) is 0 Å². The van der Waals surface area contributed by atoms with Gasteiger partial charge in [0.05, 0.1) is 12.0 Å². The fraction of sp³-hybridized carbons (Fsp3) is 0.381. The van der Waals surface area contributed by atoms with E-state index in [0.717, 1.165) is 22.2 Å². The molecule has 3 rings (SSSR count). The smallest absolute Gasteiger partial charge is 0.230 e. The Kier molecular flexibility index (Phi) is 6.69. The molecule has 1 amide bonds. The van der Waals surface area contributed by atoms with E-state index in [4.69, 9.17) is 9.47 Å². The van der Waals surface area contributed by atoms with Gasteiger partial charge in [0.2, 0.25) is 5.91 Å². The molecular weight excluding hydrogens is 394 g/mol. The summed E-state index contributed by atoms with van der Waals surface area (Å²) in [5.74, 6) is 0.942. The maximum Gasteiger partial charge on any atom is 0.230 e. The standard InChI is InChI=1S/C21H24BrNO3/c22-18-9-7-17(8-10-18)21(11-15-25-16-12-21)20(24)23-13-4-14-26-19-5-2-1-3-6-19/h1-3,5-10H,4,11-16H2,(H,23,24). The van der Waals surface area contributed by atoms with E-state index in [1.165, 1.54) is 0 Å². The SMILES string of the molecule is O=C(NCCCOc1ccccc1)C1(c2ccc(Br)cc2)CCOCC1. The van der Waals surface area contributed by atoms with Gasteiger partial charge >= 0.3 is 0 Å². The fourth-order valence-electron chi connectivity index (χ4n) is 3.29. The van der Waals surface area contributed by atoms with Crippen molar-refractivity contribution in [3.05, 3.63) is 64.6 Å². The largest absolute Gasteiger partial charge is 0.494 e. The van der Waals surface area contributed by atoms with Gasteiger partial charge in [0, 0.05) is 24.2 Å². The lowest BCUT2D eigenvalue weighted by molar-refractivity contribution is -0.130. The van der Waals surface area contributed by atoms with Gasteiger partial charge in [-0.1, -0.05) is 46.3 Å². The van der Waals surface area contributed by atoms with E-state index in [1.54, 1.807) is 0 Å². The molecule has 1 aliphatic rings. The Hall–Kier alpha value is -1.85. The van der Waals surface area contributed by atoms with Gasteiger partial charge in [0.15, 0.2) is 0 Å². The summed E-state index contributed by atoms with van der Waals surface area (Å²) < 4.78 is 12.2. The van der Waals surface area contributed by atoms with Crippen molar-refractivity contribution in [2.24, 2.45) is 0 Å². The van der Waals surface area contributed by atoms with Gasteiger partial charge in [-0.05, 0) is 49.1 Å². The number of ether oxygens (including phenoxy) is 2. The van der Waals surface area contributed by atoms with E-state index in [9.17, 15) is 4.79 Å². The molecule has 0 saturated carbocycles. The number of para-hydroxylation sites is 1. The molecule has 0 aromatic heterocycles. The van der Waals surface area contributed by atoms with Gasteiger partial charge in [-0.2, -0.15) is 0 Å². The van der Waals surface area contributed by atoms with E-state index >= 15 is 0 Å². The lowest BCUT2D eigenvalue weighted by atomic mass is 9.73. The van der Waals surface area contributed by atoms with Crippen LogP contribution in [-0.4, -0.2) is 32.3 Å². The second kappa shape index (κ2) is 9.19. The van der Waals surface area contributed by atoms with Crippen LogP contribution < -0.4 is 10.1 Å². The number of carbonyl (C=O) groups is 1. The Labute approximate surface area is 163 Å². The van der Waals surface area contributed by atoms with E-state index in [0.29, 0.717) is 39.2 Å². The number of rotatable bonds is 7. The number of carbonyl (C=O) groups excluding carboxylic acids is 1. The number of hydrogen-bond acceptors (Lipinski definition) is 3. The van der Waals surface area contributed by atoms with Crippen LogP contribution in [0.1, 0.15) is 24.8 Å². The first-order valence-corrected chi connectivity index (χ1v) is 9.80. The first-order chi connectivity index (χ1) is 12.7. The molecule has 1 aliphatic heterocycles. The third-order valence-corrected chi connectivity index (χ3v) is 5.33.